The molecule has 92 valence electrons. The second kappa shape index (κ2) is 5.23. The minimum absolute atomic E-state index is 0.112. The van der Waals surface area contributed by atoms with Gasteiger partial charge in [0.25, 0.3) is 0 Å². The van der Waals surface area contributed by atoms with E-state index in [4.69, 9.17) is 5.11 Å². The van der Waals surface area contributed by atoms with Gasteiger partial charge in [0.2, 0.25) is 0 Å². The minimum atomic E-state index is -1.10. The third kappa shape index (κ3) is 2.79. The van der Waals surface area contributed by atoms with Gasteiger partial charge in [0.05, 0.1) is 6.04 Å². The predicted molar refractivity (Wildman–Crippen MR) is 67.6 cm³/mol. The van der Waals surface area contributed by atoms with E-state index in [-0.39, 0.29) is 5.75 Å². The van der Waals surface area contributed by atoms with Crippen molar-refractivity contribution in [2.45, 2.75) is 6.04 Å². The first kappa shape index (κ1) is 12.0. The maximum absolute atomic E-state index is 10.9. The average Bonchev–Trinajstić information content (AvgIpc) is 2.37. The summed E-state index contributed by atoms with van der Waals surface area (Å²) in [6, 6.07) is 15.3. The van der Waals surface area contributed by atoms with Crippen molar-refractivity contribution < 1.29 is 15.0 Å². The lowest BCUT2D eigenvalue weighted by Crippen LogP contribution is -2.27. The smallest absolute Gasteiger partial charge is 0.405 e. The first-order valence-electron chi connectivity index (χ1n) is 5.50. The van der Waals surface area contributed by atoms with Crippen molar-refractivity contribution in [1.29, 1.82) is 0 Å². The highest BCUT2D eigenvalue weighted by molar-refractivity contribution is 5.66. The van der Waals surface area contributed by atoms with Crippen LogP contribution in [-0.2, 0) is 0 Å². The fourth-order valence-electron chi connectivity index (χ4n) is 1.83. The second-order valence-electron chi connectivity index (χ2n) is 3.89. The molecular weight excluding hydrogens is 230 g/mol. The SMILES string of the molecule is O=C(O)N[C@@H](c1ccccc1)c1cccc(O)c1. The molecule has 3 N–H and O–H groups in total. The first-order chi connectivity index (χ1) is 8.66. The van der Waals surface area contributed by atoms with Gasteiger partial charge in [0.1, 0.15) is 5.75 Å². The summed E-state index contributed by atoms with van der Waals surface area (Å²) in [5.74, 6) is 0.112. The normalized spacial score (nSPS) is 11.8. The summed E-state index contributed by atoms with van der Waals surface area (Å²) in [5.41, 5.74) is 1.52. The van der Waals surface area contributed by atoms with E-state index in [9.17, 15) is 9.90 Å². The number of carboxylic acid groups (broad SMARTS) is 1. The van der Waals surface area contributed by atoms with Crippen molar-refractivity contribution in [3.8, 4) is 5.75 Å². The number of phenols is 1. The maximum Gasteiger partial charge on any atom is 0.405 e. The molecule has 0 heterocycles. The molecule has 0 aliphatic carbocycles. The molecule has 2 aromatic carbocycles. The summed E-state index contributed by atoms with van der Waals surface area (Å²) in [6.45, 7) is 0. The monoisotopic (exact) mass is 243 g/mol. The Morgan fingerprint density at radius 3 is 2.28 bits per heavy atom. The van der Waals surface area contributed by atoms with Gasteiger partial charge in [0, 0.05) is 0 Å². The lowest BCUT2D eigenvalue weighted by Gasteiger charge is -2.18. The Hall–Kier alpha value is -2.49. The van der Waals surface area contributed by atoms with Crippen LogP contribution in [0, 0.1) is 0 Å². The van der Waals surface area contributed by atoms with Crippen molar-refractivity contribution in [3.05, 3.63) is 65.7 Å². The number of benzene rings is 2. The molecule has 0 fully saturated rings. The van der Waals surface area contributed by atoms with E-state index in [1.807, 2.05) is 30.3 Å². The van der Waals surface area contributed by atoms with Gasteiger partial charge in [0.15, 0.2) is 0 Å². The van der Waals surface area contributed by atoms with Gasteiger partial charge in [-0.05, 0) is 23.3 Å². The third-order valence-corrected chi connectivity index (χ3v) is 2.60. The summed E-state index contributed by atoms with van der Waals surface area (Å²) >= 11 is 0. The van der Waals surface area contributed by atoms with Gasteiger partial charge in [-0.3, -0.25) is 0 Å². The highest BCUT2D eigenvalue weighted by Crippen LogP contribution is 2.24. The van der Waals surface area contributed by atoms with Crippen molar-refractivity contribution in [3.63, 3.8) is 0 Å². The molecule has 4 nitrogen and oxygen atoms in total. The molecule has 0 saturated heterocycles. The van der Waals surface area contributed by atoms with Gasteiger partial charge in [-0.2, -0.15) is 0 Å². The molecule has 4 heteroatoms. The molecule has 2 aromatic rings. The molecule has 1 amide bonds. The number of aromatic hydroxyl groups is 1. The minimum Gasteiger partial charge on any atom is -0.508 e. The van der Waals surface area contributed by atoms with E-state index in [2.05, 4.69) is 5.32 Å². The van der Waals surface area contributed by atoms with Gasteiger partial charge in [-0.25, -0.2) is 4.79 Å². The standard InChI is InChI=1S/C14H13NO3/c16-12-8-4-7-11(9-12)13(15-14(17)18)10-5-2-1-3-6-10/h1-9,13,15-16H,(H,17,18)/t13-/m0/s1. The summed E-state index contributed by atoms with van der Waals surface area (Å²) in [6.07, 6.45) is -1.10. The lowest BCUT2D eigenvalue weighted by atomic mass is 9.99. The maximum atomic E-state index is 10.9. The Morgan fingerprint density at radius 1 is 1.00 bits per heavy atom. The molecule has 0 unspecified atom stereocenters. The highest BCUT2D eigenvalue weighted by atomic mass is 16.4. The first-order valence-corrected chi connectivity index (χ1v) is 5.50. The van der Waals surface area contributed by atoms with Crippen molar-refractivity contribution in [2.75, 3.05) is 0 Å². The fraction of sp³-hybridized carbons (Fsp3) is 0.0714. The zero-order chi connectivity index (χ0) is 13.0. The van der Waals surface area contributed by atoms with Gasteiger partial charge >= 0.3 is 6.09 Å². The summed E-state index contributed by atoms with van der Waals surface area (Å²) < 4.78 is 0. The Kier molecular flexibility index (Phi) is 3.48. The van der Waals surface area contributed by atoms with Crippen LogP contribution in [-0.4, -0.2) is 16.3 Å². The van der Waals surface area contributed by atoms with Gasteiger partial charge in [-0.1, -0.05) is 42.5 Å². The molecule has 0 radical (unpaired) electrons. The zero-order valence-electron chi connectivity index (χ0n) is 9.58. The van der Waals surface area contributed by atoms with Crippen LogP contribution in [0.1, 0.15) is 17.2 Å². The van der Waals surface area contributed by atoms with E-state index in [0.717, 1.165) is 5.56 Å². The number of hydrogen-bond donors (Lipinski definition) is 3. The van der Waals surface area contributed by atoms with Crippen LogP contribution in [0.2, 0.25) is 0 Å². The highest BCUT2D eigenvalue weighted by Gasteiger charge is 2.16. The topological polar surface area (TPSA) is 69.6 Å². The Morgan fingerprint density at radius 2 is 1.67 bits per heavy atom. The molecule has 0 spiro atoms. The van der Waals surface area contributed by atoms with E-state index >= 15 is 0 Å². The van der Waals surface area contributed by atoms with Gasteiger partial charge in [-0.15, -0.1) is 0 Å². The molecule has 0 saturated carbocycles. The molecule has 0 aromatic heterocycles. The van der Waals surface area contributed by atoms with E-state index < -0.39 is 12.1 Å². The molecule has 1 atom stereocenters. The van der Waals surface area contributed by atoms with Crippen LogP contribution in [0.25, 0.3) is 0 Å². The van der Waals surface area contributed by atoms with Crippen LogP contribution in [0.4, 0.5) is 4.79 Å². The molecule has 18 heavy (non-hydrogen) atoms. The lowest BCUT2D eigenvalue weighted by molar-refractivity contribution is 0.191. The van der Waals surface area contributed by atoms with E-state index in [1.54, 1.807) is 24.3 Å². The van der Waals surface area contributed by atoms with Crippen LogP contribution in [0.5, 0.6) is 5.75 Å². The van der Waals surface area contributed by atoms with Gasteiger partial charge < -0.3 is 15.5 Å². The summed E-state index contributed by atoms with van der Waals surface area (Å²) in [5, 5.41) is 20.8. The van der Waals surface area contributed by atoms with Crippen molar-refractivity contribution in [2.24, 2.45) is 0 Å². The number of carbonyl (C=O) groups is 1. The predicted octanol–water partition coefficient (Wildman–Crippen LogP) is 2.75. The summed E-state index contributed by atoms with van der Waals surface area (Å²) in [7, 11) is 0. The van der Waals surface area contributed by atoms with Crippen molar-refractivity contribution >= 4 is 6.09 Å². The van der Waals surface area contributed by atoms with E-state index in [0.29, 0.717) is 5.56 Å². The quantitative estimate of drug-likeness (QED) is 0.776. The zero-order valence-corrected chi connectivity index (χ0v) is 9.58. The van der Waals surface area contributed by atoms with Crippen LogP contribution in [0.3, 0.4) is 0 Å². The molecule has 0 bridgehead atoms. The Bertz CT molecular complexity index is 540. The molecule has 2 rings (SSSR count). The number of hydrogen-bond acceptors (Lipinski definition) is 2. The number of phenolic OH excluding ortho intramolecular Hbond substituents is 1. The number of amides is 1. The van der Waals surface area contributed by atoms with Crippen LogP contribution in [0.15, 0.2) is 54.6 Å². The van der Waals surface area contributed by atoms with Crippen LogP contribution >= 0.6 is 0 Å². The van der Waals surface area contributed by atoms with Crippen molar-refractivity contribution in [1.82, 2.24) is 5.32 Å². The van der Waals surface area contributed by atoms with E-state index in [1.165, 1.54) is 0 Å². The molecule has 0 aliphatic heterocycles. The Balaban J connectivity index is 2.40. The Labute approximate surface area is 105 Å². The fourth-order valence-corrected chi connectivity index (χ4v) is 1.83. The summed E-state index contributed by atoms with van der Waals surface area (Å²) in [4.78, 5) is 10.9. The van der Waals surface area contributed by atoms with Crippen LogP contribution < -0.4 is 5.32 Å². The average molecular weight is 243 g/mol. The molecular formula is C14H13NO3. The number of rotatable bonds is 3. The number of nitrogens with one attached hydrogen (secondary N) is 1. The molecule has 0 aliphatic rings. The second-order valence-corrected chi connectivity index (χ2v) is 3.89. The third-order valence-electron chi connectivity index (χ3n) is 2.60. The largest absolute Gasteiger partial charge is 0.508 e.